The van der Waals surface area contributed by atoms with Crippen molar-refractivity contribution in [2.75, 3.05) is 0 Å². The first-order chi connectivity index (χ1) is 5.08. The lowest BCUT2D eigenvalue weighted by molar-refractivity contribution is -0.158. The van der Waals surface area contributed by atoms with Gasteiger partial charge in [-0.15, -0.1) is 0 Å². The third kappa shape index (κ3) is 17.7. The average Bonchev–Trinajstić information content (AvgIpc) is 1.88. The molecule has 0 amide bonds. The monoisotopic (exact) mass is 158 g/mol. The van der Waals surface area contributed by atoms with Gasteiger partial charge in [-0.1, -0.05) is 6.58 Å². The summed E-state index contributed by atoms with van der Waals surface area (Å²) < 4.78 is 4.20. The molecule has 0 aliphatic rings. The first kappa shape index (κ1) is 12.2. The predicted molar refractivity (Wildman–Crippen MR) is 37.0 cm³/mol. The van der Waals surface area contributed by atoms with Crippen molar-refractivity contribution in [3.8, 4) is 0 Å². The highest BCUT2D eigenvalue weighted by atomic mass is 16.6. The largest absolute Gasteiger partial charge is 0.724 e. The highest BCUT2D eigenvalue weighted by molar-refractivity contribution is 5.81. The molecule has 0 aromatic heterocycles. The lowest BCUT2D eigenvalue weighted by Gasteiger charge is -2.01. The minimum absolute atomic E-state index is 0.500. The summed E-state index contributed by atoms with van der Waals surface area (Å²) in [6, 6.07) is 0. The van der Waals surface area contributed by atoms with Crippen LogP contribution in [0.25, 0.3) is 5.41 Å². The summed E-state index contributed by atoms with van der Waals surface area (Å²) in [5.74, 6) is -0.611. The van der Waals surface area contributed by atoms with Crippen LogP contribution in [0.3, 0.4) is 0 Å². The average molecular weight is 158 g/mol. The molecule has 0 aliphatic carbocycles. The Labute approximate surface area is 63.8 Å². The number of esters is 1. The van der Waals surface area contributed by atoms with Crippen molar-refractivity contribution >= 4 is 12.0 Å². The van der Waals surface area contributed by atoms with Crippen LogP contribution in [0, 0.1) is 0 Å². The highest BCUT2D eigenvalue weighted by Crippen LogP contribution is 1.84. The van der Waals surface area contributed by atoms with E-state index in [0.29, 0.717) is 6.08 Å². The van der Waals surface area contributed by atoms with Crippen molar-refractivity contribution in [3.63, 3.8) is 0 Å². The Morgan fingerprint density at radius 2 is 2.27 bits per heavy atom. The van der Waals surface area contributed by atoms with Crippen LogP contribution < -0.4 is 0 Å². The van der Waals surface area contributed by atoms with E-state index >= 15 is 0 Å². The Bertz CT molecular complexity index is 158. The van der Waals surface area contributed by atoms with E-state index in [1.807, 2.05) is 0 Å². The maximum absolute atomic E-state index is 10.1. The van der Waals surface area contributed by atoms with Crippen LogP contribution >= 0.6 is 0 Å². The number of carbonyl (C=O) groups is 1. The van der Waals surface area contributed by atoms with Crippen LogP contribution in [-0.4, -0.2) is 23.4 Å². The molecule has 0 aliphatic heterocycles. The second-order valence-electron chi connectivity index (χ2n) is 1.33. The normalized spacial score (nSPS) is 9.64. The van der Waals surface area contributed by atoms with E-state index in [0.717, 1.165) is 6.08 Å². The molecule has 0 radical (unpaired) electrons. The van der Waals surface area contributed by atoms with Gasteiger partial charge < -0.3 is 15.3 Å². The third-order valence-corrected chi connectivity index (χ3v) is 0.453. The van der Waals surface area contributed by atoms with Crippen molar-refractivity contribution < 1.29 is 19.4 Å². The number of ether oxygens (including phenoxy) is 1. The van der Waals surface area contributed by atoms with Gasteiger partial charge >= 0.3 is 5.97 Å². The van der Waals surface area contributed by atoms with Gasteiger partial charge in [0.15, 0.2) is 6.29 Å². The number of isocyanates is 1. The van der Waals surface area contributed by atoms with Gasteiger partial charge in [0.05, 0.1) is 0 Å². The molecule has 5 heteroatoms. The predicted octanol–water partition coefficient (Wildman–Crippen LogP) is -0.0545. The van der Waals surface area contributed by atoms with Gasteiger partial charge in [0.1, 0.15) is 0 Å². The first-order valence-corrected chi connectivity index (χ1v) is 2.60. The molecule has 0 saturated heterocycles. The summed E-state index contributed by atoms with van der Waals surface area (Å²) >= 11 is 0. The molecule has 1 N–H and O–H groups in total. The second-order valence-corrected chi connectivity index (χ2v) is 1.33. The van der Waals surface area contributed by atoms with Crippen LogP contribution in [0.15, 0.2) is 12.7 Å². The number of aliphatic hydroxyl groups is 1. The Kier molecular flexibility index (Phi) is 9.52. The van der Waals surface area contributed by atoms with Crippen molar-refractivity contribution in [3.05, 3.63) is 18.1 Å². The topological polar surface area (TPSA) is 85.9 Å². The fraction of sp³-hybridized carbons (Fsp3) is 0.333. The lowest BCUT2D eigenvalue weighted by atomic mass is 10.6. The molecule has 5 nitrogen and oxygen atoms in total. The van der Waals surface area contributed by atoms with E-state index < -0.39 is 12.3 Å². The van der Waals surface area contributed by atoms with Crippen molar-refractivity contribution in [1.82, 2.24) is 0 Å². The molecular weight excluding hydrogens is 150 g/mol. The number of nitrogens with zero attached hydrogens (tertiary/aromatic N) is 1. The standard InChI is InChI=1S/C5H8O3.CNO/c1-3-5(7)8-4(2)6;2-1-3/h3-4,6H,1H2,2H3;/q;-1. The smallest absolute Gasteiger partial charge is 0.332 e. The van der Waals surface area contributed by atoms with E-state index in [-0.39, 0.29) is 0 Å². The summed E-state index contributed by atoms with van der Waals surface area (Å²) in [6.07, 6.45) is 0.452. The fourth-order valence-corrected chi connectivity index (χ4v) is 0.216. The zero-order valence-corrected chi connectivity index (χ0v) is 5.98. The van der Waals surface area contributed by atoms with Crippen LogP contribution in [-0.2, 0) is 14.3 Å². The maximum atomic E-state index is 10.1. The summed E-state index contributed by atoms with van der Waals surface area (Å²) in [5.41, 5.74) is 0. The summed E-state index contributed by atoms with van der Waals surface area (Å²) in [6.45, 7) is 4.48. The highest BCUT2D eigenvalue weighted by Gasteiger charge is 1.97. The van der Waals surface area contributed by atoms with E-state index in [2.05, 4.69) is 11.3 Å². The molecule has 0 aromatic carbocycles. The number of rotatable bonds is 2. The molecule has 11 heavy (non-hydrogen) atoms. The van der Waals surface area contributed by atoms with Crippen LogP contribution in [0.2, 0.25) is 0 Å². The van der Waals surface area contributed by atoms with Crippen molar-refractivity contribution in [2.45, 2.75) is 13.2 Å². The molecule has 0 spiro atoms. The van der Waals surface area contributed by atoms with Gasteiger partial charge in [0.25, 0.3) is 0 Å². The number of hydrogen-bond donors (Lipinski definition) is 1. The Morgan fingerprint density at radius 1 is 1.91 bits per heavy atom. The van der Waals surface area contributed by atoms with E-state index in [9.17, 15) is 4.79 Å². The molecule has 0 aromatic rings. The minimum atomic E-state index is -1.04. The molecule has 0 fully saturated rings. The molecule has 1 unspecified atom stereocenters. The second kappa shape index (κ2) is 8.55. The van der Waals surface area contributed by atoms with Crippen LogP contribution in [0.4, 0.5) is 0 Å². The van der Waals surface area contributed by atoms with Gasteiger partial charge in [0.2, 0.25) is 0 Å². The molecule has 0 saturated carbocycles. The van der Waals surface area contributed by atoms with Gasteiger partial charge in [-0.25, -0.2) is 4.79 Å². The Hall–Kier alpha value is -1.45. The number of carbonyl (C=O) groups excluding carboxylic acids is 2. The Morgan fingerprint density at radius 3 is 2.36 bits per heavy atom. The first-order valence-electron chi connectivity index (χ1n) is 2.60. The van der Waals surface area contributed by atoms with Crippen molar-refractivity contribution in [2.24, 2.45) is 0 Å². The quantitative estimate of drug-likeness (QED) is 0.200. The van der Waals surface area contributed by atoms with Gasteiger partial charge in [-0.3, -0.25) is 4.79 Å². The molecule has 1 atom stereocenters. The summed E-state index contributed by atoms with van der Waals surface area (Å²) in [5, 5.41) is 15.1. The summed E-state index contributed by atoms with van der Waals surface area (Å²) in [4.78, 5) is 18.4. The van der Waals surface area contributed by atoms with Crippen LogP contribution in [0.1, 0.15) is 6.92 Å². The Balaban J connectivity index is 0. The van der Waals surface area contributed by atoms with Crippen LogP contribution in [0.5, 0.6) is 0 Å². The van der Waals surface area contributed by atoms with E-state index in [1.165, 1.54) is 6.92 Å². The van der Waals surface area contributed by atoms with Gasteiger partial charge in [0, 0.05) is 6.08 Å². The molecule has 62 valence electrons. The van der Waals surface area contributed by atoms with E-state index in [1.54, 1.807) is 0 Å². The number of hydrogen-bond acceptors (Lipinski definition) is 4. The number of aliphatic hydroxyl groups excluding tert-OH is 1. The zero-order valence-electron chi connectivity index (χ0n) is 5.98. The zero-order chi connectivity index (χ0) is 9.28. The molecular formula is C6H8NO4-. The fourth-order valence-electron chi connectivity index (χ4n) is 0.216. The maximum Gasteiger partial charge on any atom is 0.332 e. The molecule has 0 heterocycles. The van der Waals surface area contributed by atoms with Crippen molar-refractivity contribution in [1.29, 1.82) is 0 Å². The van der Waals surface area contributed by atoms with Gasteiger partial charge in [-0.2, -0.15) is 0 Å². The van der Waals surface area contributed by atoms with E-state index in [4.69, 9.17) is 15.3 Å². The van der Waals surface area contributed by atoms with Gasteiger partial charge in [-0.05, 0) is 13.0 Å². The minimum Gasteiger partial charge on any atom is -0.724 e. The SMILES string of the molecule is C=CC(=O)OC(C)O.[N-]=C=O. The molecule has 0 rings (SSSR count). The third-order valence-electron chi connectivity index (χ3n) is 0.453. The summed E-state index contributed by atoms with van der Waals surface area (Å²) in [7, 11) is 0. The lowest BCUT2D eigenvalue weighted by Crippen LogP contribution is -2.10. The molecule has 0 bridgehead atoms.